The number of hydrogen-bond acceptors (Lipinski definition) is 5. The monoisotopic (exact) mass is 418 g/mol. The van der Waals surface area contributed by atoms with Crippen molar-refractivity contribution in [3.05, 3.63) is 23.0 Å². The predicted molar refractivity (Wildman–Crippen MR) is 110 cm³/mol. The maximum Gasteiger partial charge on any atom is 0.307 e. The SMILES string of the molecule is CCn1cc(NC(=O)[C@H]2[C@@H](C(=O)O)[C@@H]3CC[C@H]2C3=C(C)C)c(C(=O)NCCOC)n1. The second-order valence-electron chi connectivity index (χ2n) is 8.12. The molecule has 3 rings (SSSR count). The quantitative estimate of drug-likeness (QED) is 0.438. The Kier molecular flexibility index (Phi) is 6.60. The van der Waals surface area contributed by atoms with Gasteiger partial charge in [-0.15, -0.1) is 0 Å². The first-order chi connectivity index (χ1) is 14.3. The van der Waals surface area contributed by atoms with Gasteiger partial charge in [-0.2, -0.15) is 5.10 Å². The molecule has 0 saturated heterocycles. The minimum Gasteiger partial charge on any atom is -0.481 e. The van der Waals surface area contributed by atoms with Gasteiger partial charge in [0.2, 0.25) is 5.91 Å². The normalized spacial score (nSPS) is 24.7. The molecular formula is C21H30N4O5. The molecule has 0 unspecified atom stereocenters. The lowest BCUT2D eigenvalue weighted by molar-refractivity contribution is -0.148. The summed E-state index contributed by atoms with van der Waals surface area (Å²) in [4.78, 5) is 37.8. The zero-order valence-electron chi connectivity index (χ0n) is 17.9. The number of fused-ring (bicyclic) bond motifs is 2. The average molecular weight is 418 g/mol. The second-order valence-corrected chi connectivity index (χ2v) is 8.12. The number of carboxylic acid groups (broad SMARTS) is 1. The Hall–Kier alpha value is -2.68. The summed E-state index contributed by atoms with van der Waals surface area (Å²) in [5.74, 6) is -3.28. The number of aliphatic carboxylic acids is 1. The van der Waals surface area contributed by atoms with Gasteiger partial charge in [0.15, 0.2) is 5.69 Å². The average Bonchev–Trinajstić information content (AvgIpc) is 3.38. The molecule has 0 radical (unpaired) electrons. The number of aryl methyl sites for hydroxylation is 1. The minimum absolute atomic E-state index is 0.0682. The molecule has 0 aliphatic heterocycles. The van der Waals surface area contributed by atoms with Gasteiger partial charge in [0.05, 0.1) is 24.1 Å². The molecule has 0 aromatic carbocycles. The number of allylic oxidation sites excluding steroid dienone is 2. The van der Waals surface area contributed by atoms with Crippen molar-refractivity contribution in [2.75, 3.05) is 25.6 Å². The summed E-state index contributed by atoms with van der Waals surface area (Å²) in [7, 11) is 1.54. The van der Waals surface area contributed by atoms with Crippen molar-refractivity contribution in [3.8, 4) is 0 Å². The van der Waals surface area contributed by atoms with Crippen molar-refractivity contribution in [1.29, 1.82) is 0 Å². The Morgan fingerprint density at radius 3 is 2.47 bits per heavy atom. The van der Waals surface area contributed by atoms with Gasteiger partial charge in [0, 0.05) is 26.4 Å². The Balaban J connectivity index is 1.85. The van der Waals surface area contributed by atoms with Crippen LogP contribution < -0.4 is 10.6 Å². The van der Waals surface area contributed by atoms with E-state index >= 15 is 0 Å². The van der Waals surface area contributed by atoms with E-state index < -0.39 is 23.7 Å². The highest BCUT2D eigenvalue weighted by Gasteiger charge is 2.57. The van der Waals surface area contributed by atoms with E-state index in [9.17, 15) is 19.5 Å². The molecular weight excluding hydrogens is 388 g/mol. The number of anilines is 1. The van der Waals surface area contributed by atoms with Crippen LogP contribution >= 0.6 is 0 Å². The van der Waals surface area contributed by atoms with Gasteiger partial charge in [-0.05, 0) is 45.4 Å². The lowest BCUT2D eigenvalue weighted by Gasteiger charge is -2.26. The van der Waals surface area contributed by atoms with Gasteiger partial charge < -0.3 is 20.5 Å². The molecule has 1 heterocycles. The molecule has 2 aliphatic carbocycles. The lowest BCUT2D eigenvalue weighted by atomic mass is 9.78. The van der Waals surface area contributed by atoms with Gasteiger partial charge >= 0.3 is 5.97 Å². The molecule has 1 aromatic rings. The summed E-state index contributed by atoms with van der Waals surface area (Å²) in [5.41, 5.74) is 2.62. The van der Waals surface area contributed by atoms with E-state index in [2.05, 4.69) is 15.7 Å². The van der Waals surface area contributed by atoms with Crippen LogP contribution in [0.2, 0.25) is 0 Å². The van der Waals surface area contributed by atoms with E-state index in [0.29, 0.717) is 25.4 Å². The van der Waals surface area contributed by atoms with Crippen LogP contribution in [0.5, 0.6) is 0 Å². The van der Waals surface area contributed by atoms with Crippen molar-refractivity contribution >= 4 is 23.5 Å². The van der Waals surface area contributed by atoms with Gasteiger partial charge in [-0.25, -0.2) is 0 Å². The summed E-state index contributed by atoms with van der Waals surface area (Å²) >= 11 is 0. The summed E-state index contributed by atoms with van der Waals surface area (Å²) in [5, 5.41) is 19.6. The highest BCUT2D eigenvalue weighted by molar-refractivity contribution is 6.03. The molecule has 0 spiro atoms. The van der Waals surface area contributed by atoms with E-state index in [4.69, 9.17) is 4.74 Å². The van der Waals surface area contributed by atoms with Gasteiger partial charge in [-0.3, -0.25) is 19.1 Å². The zero-order valence-corrected chi connectivity index (χ0v) is 17.9. The van der Waals surface area contributed by atoms with Crippen LogP contribution in [0.3, 0.4) is 0 Å². The molecule has 3 N–H and O–H groups in total. The Morgan fingerprint density at radius 2 is 1.90 bits per heavy atom. The summed E-state index contributed by atoms with van der Waals surface area (Å²) in [6.45, 7) is 7.05. The fraction of sp³-hybridized carbons (Fsp3) is 0.619. The number of aromatic nitrogens is 2. The first kappa shape index (κ1) is 22.0. The largest absolute Gasteiger partial charge is 0.481 e. The number of rotatable bonds is 8. The van der Waals surface area contributed by atoms with E-state index in [1.807, 2.05) is 20.8 Å². The maximum absolute atomic E-state index is 13.2. The number of amides is 2. The number of ether oxygens (including phenoxy) is 1. The van der Waals surface area contributed by atoms with Gasteiger partial charge in [0.1, 0.15) is 0 Å². The van der Waals surface area contributed by atoms with Gasteiger partial charge in [-0.1, -0.05) is 11.1 Å². The van der Waals surface area contributed by atoms with E-state index in [0.717, 1.165) is 24.0 Å². The van der Waals surface area contributed by atoms with Crippen LogP contribution in [0.1, 0.15) is 44.1 Å². The highest BCUT2D eigenvalue weighted by Crippen LogP contribution is 2.57. The smallest absolute Gasteiger partial charge is 0.307 e. The number of nitrogens with one attached hydrogen (secondary N) is 2. The fourth-order valence-corrected chi connectivity index (χ4v) is 5.01. The van der Waals surface area contributed by atoms with Crippen molar-refractivity contribution in [1.82, 2.24) is 15.1 Å². The number of nitrogens with zero attached hydrogens (tertiary/aromatic N) is 2. The highest BCUT2D eigenvalue weighted by atomic mass is 16.5. The maximum atomic E-state index is 13.2. The number of carbonyl (C=O) groups excluding carboxylic acids is 2. The standard InChI is InChI=1S/C21H30N4O5/c1-5-25-10-14(18(24-25)20(27)22-8-9-30-4)23-19(26)16-12-6-7-13(15(12)11(2)3)17(16)21(28)29/h10,12-13,16-17H,5-9H2,1-4H3,(H,22,27)(H,23,26)(H,28,29)/t12-,13+,16+,17-/m0/s1. The molecule has 9 nitrogen and oxygen atoms in total. The second kappa shape index (κ2) is 8.99. The molecule has 2 bridgehead atoms. The van der Waals surface area contributed by atoms with E-state index in [1.165, 1.54) is 0 Å². The molecule has 164 valence electrons. The first-order valence-corrected chi connectivity index (χ1v) is 10.4. The Morgan fingerprint density at radius 1 is 1.23 bits per heavy atom. The van der Waals surface area contributed by atoms with Crippen LogP contribution in [0.15, 0.2) is 17.3 Å². The minimum atomic E-state index is -0.942. The van der Waals surface area contributed by atoms with Crippen molar-refractivity contribution in [2.24, 2.45) is 23.7 Å². The summed E-state index contributed by atoms with van der Waals surface area (Å²) < 4.78 is 6.51. The number of carbonyl (C=O) groups is 3. The molecule has 4 atom stereocenters. The van der Waals surface area contributed by atoms with Crippen LogP contribution in [0, 0.1) is 23.7 Å². The molecule has 2 amide bonds. The predicted octanol–water partition coefficient (Wildman–Crippen LogP) is 1.91. The first-order valence-electron chi connectivity index (χ1n) is 10.4. The van der Waals surface area contributed by atoms with Gasteiger partial charge in [0.25, 0.3) is 5.91 Å². The topological polar surface area (TPSA) is 123 Å². The van der Waals surface area contributed by atoms with Crippen molar-refractivity contribution in [3.63, 3.8) is 0 Å². The zero-order chi connectivity index (χ0) is 22.0. The van der Waals surface area contributed by atoms with E-state index in [-0.39, 0.29) is 23.4 Å². The molecule has 2 aliphatic rings. The lowest BCUT2D eigenvalue weighted by Crippen LogP contribution is -2.38. The Labute approximate surface area is 175 Å². The third kappa shape index (κ3) is 3.98. The fourth-order valence-electron chi connectivity index (χ4n) is 5.01. The third-order valence-corrected chi connectivity index (χ3v) is 6.16. The van der Waals surface area contributed by atoms with Crippen molar-refractivity contribution in [2.45, 2.75) is 40.2 Å². The number of carboxylic acids is 1. The van der Waals surface area contributed by atoms with Crippen LogP contribution in [0.4, 0.5) is 5.69 Å². The Bertz CT molecular complexity index is 871. The molecule has 1 aromatic heterocycles. The summed E-state index contributed by atoms with van der Waals surface area (Å²) in [6, 6.07) is 0. The summed E-state index contributed by atoms with van der Waals surface area (Å²) in [6.07, 6.45) is 3.21. The third-order valence-electron chi connectivity index (χ3n) is 6.16. The molecule has 2 saturated carbocycles. The number of hydrogen-bond donors (Lipinski definition) is 3. The number of methoxy groups -OCH3 is 1. The molecule has 9 heteroatoms. The van der Waals surface area contributed by atoms with Crippen molar-refractivity contribution < 1.29 is 24.2 Å². The van der Waals surface area contributed by atoms with Crippen LogP contribution in [-0.2, 0) is 20.9 Å². The van der Waals surface area contributed by atoms with Crippen LogP contribution in [-0.4, -0.2) is 52.9 Å². The molecule has 2 fully saturated rings. The molecule has 30 heavy (non-hydrogen) atoms. The van der Waals surface area contributed by atoms with Crippen LogP contribution in [0.25, 0.3) is 0 Å². The van der Waals surface area contributed by atoms with E-state index in [1.54, 1.807) is 18.0 Å².